The van der Waals surface area contributed by atoms with Crippen molar-refractivity contribution >= 4 is 17.3 Å². The number of anilines is 2. The van der Waals surface area contributed by atoms with Gasteiger partial charge < -0.3 is 16.2 Å². The lowest BCUT2D eigenvalue weighted by Gasteiger charge is -2.17. The lowest BCUT2D eigenvalue weighted by Crippen LogP contribution is -2.17. The molecule has 0 heterocycles. The molecule has 0 unspecified atom stereocenters. The van der Waals surface area contributed by atoms with Gasteiger partial charge in [0.1, 0.15) is 0 Å². The molecule has 0 aliphatic carbocycles. The van der Waals surface area contributed by atoms with Crippen LogP contribution in [0.2, 0.25) is 0 Å². The predicted octanol–water partition coefficient (Wildman–Crippen LogP) is 2.75. The van der Waals surface area contributed by atoms with Crippen molar-refractivity contribution in [2.24, 2.45) is 0 Å². The monoisotopic (exact) mass is 270 g/mol. The third-order valence-electron chi connectivity index (χ3n) is 3.06. The van der Waals surface area contributed by atoms with Gasteiger partial charge in [-0.2, -0.15) is 0 Å². The smallest absolute Gasteiger partial charge is 0.255 e. The molecule has 2 aromatic rings. The van der Waals surface area contributed by atoms with Crippen molar-refractivity contribution in [3.8, 4) is 0 Å². The number of nitrogen functional groups attached to an aromatic ring is 1. The number of aliphatic hydroxyl groups is 1. The van der Waals surface area contributed by atoms with Crippen LogP contribution in [-0.2, 0) is 5.60 Å². The average Bonchev–Trinajstić information content (AvgIpc) is 2.40. The van der Waals surface area contributed by atoms with Gasteiger partial charge in [-0.25, -0.2) is 0 Å². The third-order valence-corrected chi connectivity index (χ3v) is 3.06. The Labute approximate surface area is 118 Å². The second-order valence-electron chi connectivity index (χ2n) is 5.18. The predicted molar refractivity (Wildman–Crippen MR) is 80.5 cm³/mol. The van der Waals surface area contributed by atoms with E-state index in [1.54, 1.807) is 50.2 Å². The maximum absolute atomic E-state index is 12.1. The Hall–Kier alpha value is -2.33. The molecule has 4 nitrogen and oxygen atoms in total. The maximum atomic E-state index is 12.1. The number of nitrogens with two attached hydrogens (primary N) is 1. The summed E-state index contributed by atoms with van der Waals surface area (Å²) in [5.74, 6) is -0.231. The quantitative estimate of drug-likeness (QED) is 0.751. The van der Waals surface area contributed by atoms with Gasteiger partial charge in [-0.05, 0) is 43.7 Å². The molecule has 4 N–H and O–H groups in total. The van der Waals surface area contributed by atoms with Crippen molar-refractivity contribution in [3.63, 3.8) is 0 Å². The number of carbonyl (C=O) groups excluding carboxylic acids is 1. The number of amides is 1. The molecule has 2 rings (SSSR count). The molecule has 0 saturated carbocycles. The summed E-state index contributed by atoms with van der Waals surface area (Å²) in [6, 6.07) is 13.9. The van der Waals surface area contributed by atoms with Gasteiger partial charge in [0.15, 0.2) is 0 Å². The van der Waals surface area contributed by atoms with Gasteiger partial charge in [-0.1, -0.05) is 24.3 Å². The van der Waals surface area contributed by atoms with Crippen LogP contribution < -0.4 is 11.1 Å². The van der Waals surface area contributed by atoms with Crippen molar-refractivity contribution in [2.75, 3.05) is 11.1 Å². The Morgan fingerprint density at radius 1 is 1.10 bits per heavy atom. The fraction of sp³-hybridized carbons (Fsp3) is 0.188. The molecule has 0 aliphatic heterocycles. The first-order chi connectivity index (χ1) is 9.38. The van der Waals surface area contributed by atoms with Crippen LogP contribution in [0.15, 0.2) is 48.5 Å². The number of rotatable bonds is 3. The normalized spacial score (nSPS) is 11.2. The van der Waals surface area contributed by atoms with Gasteiger partial charge in [0.25, 0.3) is 5.91 Å². The fourth-order valence-electron chi connectivity index (χ4n) is 1.83. The molecule has 2 aromatic carbocycles. The molecule has 104 valence electrons. The molecule has 1 amide bonds. The summed E-state index contributed by atoms with van der Waals surface area (Å²) in [6.45, 7) is 3.40. The molecule has 0 atom stereocenters. The zero-order valence-electron chi connectivity index (χ0n) is 11.6. The van der Waals surface area contributed by atoms with Crippen LogP contribution in [0.4, 0.5) is 11.4 Å². The highest BCUT2D eigenvalue weighted by molar-refractivity contribution is 6.05. The Balaban J connectivity index is 2.16. The number of para-hydroxylation sites is 2. The van der Waals surface area contributed by atoms with E-state index in [4.69, 9.17) is 5.73 Å². The minimum Gasteiger partial charge on any atom is -0.397 e. The molecule has 0 radical (unpaired) electrons. The SMILES string of the molecule is CC(C)(O)c1ccc(C(=O)Nc2ccccc2N)cc1. The van der Waals surface area contributed by atoms with Crippen LogP contribution in [0.3, 0.4) is 0 Å². The van der Waals surface area contributed by atoms with Gasteiger partial charge >= 0.3 is 0 Å². The second kappa shape index (κ2) is 5.35. The summed E-state index contributed by atoms with van der Waals surface area (Å²) in [6.07, 6.45) is 0. The first-order valence-corrected chi connectivity index (χ1v) is 6.37. The van der Waals surface area contributed by atoms with Gasteiger partial charge in [0, 0.05) is 5.56 Å². The minimum atomic E-state index is -0.918. The average molecular weight is 270 g/mol. The van der Waals surface area contributed by atoms with E-state index in [0.717, 1.165) is 5.56 Å². The van der Waals surface area contributed by atoms with E-state index in [1.807, 2.05) is 12.1 Å². The third kappa shape index (κ3) is 3.16. The number of carbonyl (C=O) groups is 1. The molecule has 4 heteroatoms. The Kier molecular flexibility index (Phi) is 3.77. The van der Waals surface area contributed by atoms with Crippen LogP contribution >= 0.6 is 0 Å². The lowest BCUT2D eigenvalue weighted by atomic mass is 9.97. The Bertz CT molecular complexity index is 613. The first kappa shape index (κ1) is 14.1. The van der Waals surface area contributed by atoms with Crippen LogP contribution in [0.25, 0.3) is 0 Å². The van der Waals surface area contributed by atoms with Crippen molar-refractivity contribution in [1.29, 1.82) is 0 Å². The van der Waals surface area contributed by atoms with Gasteiger partial charge in [-0.3, -0.25) is 4.79 Å². The van der Waals surface area contributed by atoms with Crippen LogP contribution in [-0.4, -0.2) is 11.0 Å². The summed E-state index contributed by atoms with van der Waals surface area (Å²) in [4.78, 5) is 12.1. The first-order valence-electron chi connectivity index (χ1n) is 6.37. The van der Waals surface area contributed by atoms with E-state index < -0.39 is 5.60 Å². The molecular formula is C16H18N2O2. The van der Waals surface area contributed by atoms with Crippen LogP contribution in [0, 0.1) is 0 Å². The van der Waals surface area contributed by atoms with E-state index in [9.17, 15) is 9.90 Å². The van der Waals surface area contributed by atoms with E-state index in [2.05, 4.69) is 5.32 Å². The van der Waals surface area contributed by atoms with Crippen molar-refractivity contribution < 1.29 is 9.90 Å². The topological polar surface area (TPSA) is 75.3 Å². The zero-order valence-corrected chi connectivity index (χ0v) is 11.6. The number of nitrogens with one attached hydrogen (secondary N) is 1. The van der Waals surface area contributed by atoms with Crippen molar-refractivity contribution in [2.45, 2.75) is 19.4 Å². The highest BCUT2D eigenvalue weighted by Gasteiger charge is 2.16. The molecule has 0 aliphatic rings. The molecule has 0 saturated heterocycles. The van der Waals surface area contributed by atoms with Crippen LogP contribution in [0.1, 0.15) is 29.8 Å². The van der Waals surface area contributed by atoms with Crippen LogP contribution in [0.5, 0.6) is 0 Å². The fourth-order valence-corrected chi connectivity index (χ4v) is 1.83. The van der Waals surface area contributed by atoms with Gasteiger partial charge in [-0.15, -0.1) is 0 Å². The van der Waals surface area contributed by atoms with Gasteiger partial charge in [0.05, 0.1) is 17.0 Å². The summed E-state index contributed by atoms with van der Waals surface area (Å²) in [5.41, 5.74) is 7.24. The lowest BCUT2D eigenvalue weighted by molar-refractivity contribution is 0.0785. The molecule has 0 bridgehead atoms. The maximum Gasteiger partial charge on any atom is 0.255 e. The highest BCUT2D eigenvalue weighted by Crippen LogP contribution is 2.21. The number of hydrogen-bond donors (Lipinski definition) is 3. The highest BCUT2D eigenvalue weighted by atomic mass is 16.3. The summed E-state index contributed by atoms with van der Waals surface area (Å²) < 4.78 is 0. The summed E-state index contributed by atoms with van der Waals surface area (Å²) in [5, 5.41) is 12.6. The van der Waals surface area contributed by atoms with Crippen molar-refractivity contribution in [3.05, 3.63) is 59.7 Å². The van der Waals surface area contributed by atoms with E-state index in [1.165, 1.54) is 0 Å². The van der Waals surface area contributed by atoms with E-state index in [-0.39, 0.29) is 5.91 Å². The van der Waals surface area contributed by atoms with E-state index >= 15 is 0 Å². The van der Waals surface area contributed by atoms with Crippen molar-refractivity contribution in [1.82, 2.24) is 0 Å². The number of hydrogen-bond acceptors (Lipinski definition) is 3. The largest absolute Gasteiger partial charge is 0.397 e. The Morgan fingerprint density at radius 3 is 2.25 bits per heavy atom. The molecule has 20 heavy (non-hydrogen) atoms. The minimum absolute atomic E-state index is 0.231. The summed E-state index contributed by atoms with van der Waals surface area (Å²) in [7, 11) is 0. The second-order valence-corrected chi connectivity index (χ2v) is 5.18. The molecular weight excluding hydrogens is 252 g/mol. The zero-order chi connectivity index (χ0) is 14.8. The van der Waals surface area contributed by atoms with E-state index in [0.29, 0.717) is 16.9 Å². The summed E-state index contributed by atoms with van der Waals surface area (Å²) >= 11 is 0. The molecule has 0 aromatic heterocycles. The molecule has 0 fully saturated rings. The standard InChI is InChI=1S/C16H18N2O2/c1-16(2,20)12-9-7-11(8-10-12)15(19)18-14-6-4-3-5-13(14)17/h3-10,20H,17H2,1-2H3,(H,18,19). The molecule has 0 spiro atoms. The Morgan fingerprint density at radius 2 is 1.70 bits per heavy atom. The number of benzene rings is 2. The van der Waals surface area contributed by atoms with Gasteiger partial charge in [0.2, 0.25) is 0 Å².